The molecule has 0 unspecified atom stereocenters. The van der Waals surface area contributed by atoms with Gasteiger partial charge in [0, 0.05) is 19.1 Å². The standard InChI is InChI=1S/C16H32N2O/c1-15(2)12-18(13-16(3,4)19-15)11-7-5-6-10-17-14-8-9-14/h14,17H,5-13H2,1-4H3. The summed E-state index contributed by atoms with van der Waals surface area (Å²) in [5.74, 6) is 0. The smallest absolute Gasteiger partial charge is 0.0760 e. The minimum Gasteiger partial charge on any atom is -0.367 e. The summed E-state index contributed by atoms with van der Waals surface area (Å²) < 4.78 is 6.12. The zero-order chi connectivity index (χ0) is 13.9. The van der Waals surface area contributed by atoms with Crippen molar-refractivity contribution in [1.82, 2.24) is 10.2 Å². The molecule has 1 heterocycles. The highest BCUT2D eigenvalue weighted by molar-refractivity contribution is 4.89. The van der Waals surface area contributed by atoms with Crippen LogP contribution in [-0.2, 0) is 4.74 Å². The van der Waals surface area contributed by atoms with Gasteiger partial charge in [0.1, 0.15) is 0 Å². The third kappa shape index (κ3) is 5.80. The van der Waals surface area contributed by atoms with Crippen molar-refractivity contribution in [2.45, 2.75) is 77.0 Å². The molecule has 0 amide bonds. The van der Waals surface area contributed by atoms with E-state index < -0.39 is 0 Å². The first kappa shape index (κ1) is 15.3. The number of nitrogens with zero attached hydrogens (tertiary/aromatic N) is 1. The van der Waals surface area contributed by atoms with Crippen molar-refractivity contribution >= 4 is 0 Å². The molecule has 19 heavy (non-hydrogen) atoms. The largest absolute Gasteiger partial charge is 0.367 e. The molecular weight excluding hydrogens is 236 g/mol. The average Bonchev–Trinajstić information content (AvgIpc) is 3.02. The zero-order valence-electron chi connectivity index (χ0n) is 13.3. The van der Waals surface area contributed by atoms with Crippen molar-refractivity contribution < 1.29 is 4.74 Å². The quantitative estimate of drug-likeness (QED) is 0.719. The number of unbranched alkanes of at least 4 members (excludes halogenated alkanes) is 2. The number of hydrogen-bond acceptors (Lipinski definition) is 3. The van der Waals surface area contributed by atoms with Gasteiger partial charge < -0.3 is 10.1 Å². The van der Waals surface area contributed by atoms with E-state index in [9.17, 15) is 0 Å². The van der Waals surface area contributed by atoms with Gasteiger partial charge in [0.2, 0.25) is 0 Å². The highest BCUT2D eigenvalue weighted by Gasteiger charge is 2.37. The maximum Gasteiger partial charge on any atom is 0.0760 e. The molecule has 1 saturated heterocycles. The monoisotopic (exact) mass is 268 g/mol. The van der Waals surface area contributed by atoms with Crippen molar-refractivity contribution in [3.63, 3.8) is 0 Å². The van der Waals surface area contributed by atoms with Crippen LogP contribution in [0.2, 0.25) is 0 Å². The van der Waals surface area contributed by atoms with Crippen LogP contribution in [0.5, 0.6) is 0 Å². The Morgan fingerprint density at radius 2 is 1.63 bits per heavy atom. The summed E-state index contributed by atoms with van der Waals surface area (Å²) in [6.45, 7) is 13.4. The van der Waals surface area contributed by atoms with E-state index >= 15 is 0 Å². The molecule has 112 valence electrons. The molecule has 0 radical (unpaired) electrons. The van der Waals surface area contributed by atoms with Crippen LogP contribution in [0.25, 0.3) is 0 Å². The van der Waals surface area contributed by atoms with E-state index in [2.05, 4.69) is 37.9 Å². The molecule has 0 aromatic rings. The maximum absolute atomic E-state index is 6.12. The van der Waals surface area contributed by atoms with E-state index in [1.54, 1.807) is 0 Å². The molecule has 2 rings (SSSR count). The van der Waals surface area contributed by atoms with Crippen molar-refractivity contribution in [3.8, 4) is 0 Å². The van der Waals surface area contributed by atoms with Crippen LogP contribution in [0.15, 0.2) is 0 Å². The van der Waals surface area contributed by atoms with E-state index in [1.165, 1.54) is 45.2 Å². The molecule has 1 N–H and O–H groups in total. The minimum atomic E-state index is -0.00468. The van der Waals surface area contributed by atoms with Crippen LogP contribution in [0, 0.1) is 0 Å². The van der Waals surface area contributed by atoms with Crippen molar-refractivity contribution in [1.29, 1.82) is 0 Å². The van der Waals surface area contributed by atoms with E-state index in [0.29, 0.717) is 0 Å². The molecule has 0 aromatic heterocycles. The Morgan fingerprint density at radius 1 is 1.00 bits per heavy atom. The average molecular weight is 268 g/mol. The van der Waals surface area contributed by atoms with E-state index in [1.807, 2.05) is 0 Å². The molecule has 3 nitrogen and oxygen atoms in total. The predicted molar refractivity (Wildman–Crippen MR) is 80.6 cm³/mol. The summed E-state index contributed by atoms with van der Waals surface area (Å²) in [5.41, 5.74) is -0.00937. The summed E-state index contributed by atoms with van der Waals surface area (Å²) in [4.78, 5) is 2.58. The van der Waals surface area contributed by atoms with Gasteiger partial charge in [0.15, 0.2) is 0 Å². The van der Waals surface area contributed by atoms with Crippen molar-refractivity contribution in [3.05, 3.63) is 0 Å². The summed E-state index contributed by atoms with van der Waals surface area (Å²) in [6, 6.07) is 0.862. The van der Waals surface area contributed by atoms with Crippen molar-refractivity contribution in [2.24, 2.45) is 0 Å². The zero-order valence-corrected chi connectivity index (χ0v) is 13.3. The fourth-order valence-corrected chi connectivity index (χ4v) is 3.33. The van der Waals surface area contributed by atoms with E-state index in [0.717, 1.165) is 19.1 Å². The highest BCUT2D eigenvalue weighted by atomic mass is 16.5. The van der Waals surface area contributed by atoms with Gasteiger partial charge in [-0.15, -0.1) is 0 Å². The SMILES string of the molecule is CC1(C)CN(CCCCCNC2CC2)CC(C)(C)O1. The number of hydrogen-bond donors (Lipinski definition) is 1. The number of nitrogens with one attached hydrogen (secondary N) is 1. The lowest BCUT2D eigenvalue weighted by Gasteiger charge is -2.47. The Labute approximate surface area is 119 Å². The first-order valence-electron chi connectivity index (χ1n) is 8.02. The molecule has 0 aromatic carbocycles. The summed E-state index contributed by atoms with van der Waals surface area (Å²) in [6.07, 6.45) is 6.79. The van der Waals surface area contributed by atoms with Gasteiger partial charge in [0.05, 0.1) is 11.2 Å². The highest BCUT2D eigenvalue weighted by Crippen LogP contribution is 2.28. The molecular formula is C16H32N2O. The van der Waals surface area contributed by atoms with Crippen LogP contribution in [-0.4, -0.2) is 48.3 Å². The van der Waals surface area contributed by atoms with E-state index in [-0.39, 0.29) is 11.2 Å². The van der Waals surface area contributed by atoms with Gasteiger partial charge in [-0.1, -0.05) is 6.42 Å². The van der Waals surface area contributed by atoms with Gasteiger partial charge in [-0.05, 0) is 66.5 Å². The van der Waals surface area contributed by atoms with Crippen LogP contribution in [0.1, 0.15) is 59.8 Å². The molecule has 2 fully saturated rings. The molecule has 0 atom stereocenters. The summed E-state index contributed by atoms with van der Waals surface area (Å²) in [5, 5.41) is 3.59. The van der Waals surface area contributed by atoms with Crippen LogP contribution in [0.3, 0.4) is 0 Å². The lowest BCUT2D eigenvalue weighted by molar-refractivity contribution is -0.180. The van der Waals surface area contributed by atoms with Gasteiger partial charge in [-0.2, -0.15) is 0 Å². The maximum atomic E-state index is 6.12. The topological polar surface area (TPSA) is 24.5 Å². The van der Waals surface area contributed by atoms with Crippen LogP contribution in [0.4, 0.5) is 0 Å². The Morgan fingerprint density at radius 3 is 2.21 bits per heavy atom. The lowest BCUT2D eigenvalue weighted by atomic mass is 9.98. The third-order valence-corrected chi connectivity index (χ3v) is 3.92. The van der Waals surface area contributed by atoms with E-state index in [4.69, 9.17) is 4.74 Å². The number of ether oxygens (including phenoxy) is 1. The minimum absolute atomic E-state index is 0.00468. The van der Waals surface area contributed by atoms with Gasteiger partial charge in [0.25, 0.3) is 0 Å². The Bertz CT molecular complexity index is 268. The molecule has 1 aliphatic carbocycles. The molecule has 0 spiro atoms. The number of morpholine rings is 1. The fraction of sp³-hybridized carbons (Fsp3) is 1.00. The lowest BCUT2D eigenvalue weighted by Crippen LogP contribution is -2.57. The second-order valence-electron chi connectivity index (χ2n) is 7.62. The Hall–Kier alpha value is -0.120. The second-order valence-corrected chi connectivity index (χ2v) is 7.62. The molecule has 0 bridgehead atoms. The van der Waals surface area contributed by atoms with Crippen molar-refractivity contribution in [2.75, 3.05) is 26.2 Å². The first-order chi connectivity index (χ1) is 8.86. The molecule has 3 heteroatoms. The summed E-state index contributed by atoms with van der Waals surface area (Å²) >= 11 is 0. The normalized spacial score (nSPS) is 26.5. The number of rotatable bonds is 7. The van der Waals surface area contributed by atoms with Gasteiger partial charge in [-0.25, -0.2) is 0 Å². The van der Waals surface area contributed by atoms with Gasteiger partial charge in [-0.3, -0.25) is 4.90 Å². The fourth-order valence-electron chi connectivity index (χ4n) is 3.33. The molecule has 2 aliphatic rings. The Balaban J connectivity index is 1.58. The summed E-state index contributed by atoms with van der Waals surface area (Å²) in [7, 11) is 0. The molecule has 1 saturated carbocycles. The second kappa shape index (κ2) is 6.11. The van der Waals surface area contributed by atoms with Gasteiger partial charge >= 0.3 is 0 Å². The van der Waals surface area contributed by atoms with Crippen LogP contribution < -0.4 is 5.32 Å². The third-order valence-electron chi connectivity index (χ3n) is 3.92. The predicted octanol–water partition coefficient (Wildman–Crippen LogP) is 2.80. The van der Waals surface area contributed by atoms with Crippen LogP contribution >= 0.6 is 0 Å². The molecule has 1 aliphatic heterocycles. The first-order valence-corrected chi connectivity index (χ1v) is 8.02. The Kier molecular flexibility index (Phi) is 4.91.